The summed E-state index contributed by atoms with van der Waals surface area (Å²) in [6.45, 7) is 1.97. The number of rotatable bonds is 6. The number of benzene rings is 2. The van der Waals surface area contributed by atoms with Crippen LogP contribution < -0.4 is 5.32 Å². The number of carbonyl (C=O) groups is 1. The van der Waals surface area contributed by atoms with Gasteiger partial charge in [-0.25, -0.2) is 17.4 Å². The number of carbonyl (C=O) groups excluding carboxylic acids is 1. The van der Waals surface area contributed by atoms with Crippen LogP contribution in [0.2, 0.25) is 5.02 Å². The largest absolute Gasteiger partial charge is 0.347 e. The maximum absolute atomic E-state index is 12.9. The molecule has 7 nitrogen and oxygen atoms in total. The van der Waals surface area contributed by atoms with Gasteiger partial charge in [0.15, 0.2) is 0 Å². The molecule has 166 valence electrons. The summed E-state index contributed by atoms with van der Waals surface area (Å²) in [5.74, 6) is -0.284. The number of fused-ring (bicyclic) bond motifs is 1. The Kier molecular flexibility index (Phi) is 6.09. The third kappa shape index (κ3) is 4.04. The molecule has 2 aromatic carbocycles. The fourth-order valence-electron chi connectivity index (χ4n) is 3.31. The van der Waals surface area contributed by atoms with Gasteiger partial charge in [0.05, 0.1) is 26.2 Å². The number of hydrogen-bond acceptors (Lipinski definition) is 5. The first-order valence-electron chi connectivity index (χ1n) is 9.73. The molecule has 1 amide bonds. The molecule has 0 aliphatic carbocycles. The van der Waals surface area contributed by atoms with Crippen molar-refractivity contribution < 1.29 is 13.2 Å². The zero-order valence-electron chi connectivity index (χ0n) is 17.7. The Hall–Kier alpha value is -2.72. The first-order chi connectivity index (χ1) is 15.2. The smallest absolute Gasteiger partial charge is 0.261 e. The summed E-state index contributed by atoms with van der Waals surface area (Å²) in [7, 11) is -0.660. The molecule has 0 atom stereocenters. The van der Waals surface area contributed by atoms with Crippen molar-refractivity contribution in [3.8, 4) is 5.69 Å². The highest BCUT2D eigenvalue weighted by Crippen LogP contribution is 2.32. The number of aromatic nitrogens is 2. The lowest BCUT2D eigenvalue weighted by atomic mass is 10.2. The molecule has 2 heterocycles. The summed E-state index contributed by atoms with van der Waals surface area (Å²) in [4.78, 5) is 14.4. The zero-order valence-corrected chi connectivity index (χ0v) is 20.1. The molecule has 0 aliphatic rings. The summed E-state index contributed by atoms with van der Waals surface area (Å²) in [5, 5.41) is 8.85. The Morgan fingerprint density at radius 2 is 1.84 bits per heavy atom. The SMILES string of the molecule is Cc1nn(-c2ccccc2Cl)c2sc(C(=O)NCc3ccccc3S(=O)(=O)N(C)C)cc12. The van der Waals surface area contributed by atoms with Crippen molar-refractivity contribution in [1.29, 1.82) is 0 Å². The topological polar surface area (TPSA) is 84.3 Å². The Balaban J connectivity index is 1.62. The molecule has 10 heteroatoms. The fraction of sp³-hybridized carbons (Fsp3) is 0.182. The molecule has 0 fully saturated rings. The number of aryl methyl sites for hydroxylation is 1. The Morgan fingerprint density at radius 3 is 2.56 bits per heavy atom. The second-order valence-electron chi connectivity index (χ2n) is 7.36. The summed E-state index contributed by atoms with van der Waals surface area (Å²) in [6.07, 6.45) is 0. The van der Waals surface area contributed by atoms with Crippen LogP contribution in [0.5, 0.6) is 0 Å². The number of para-hydroxylation sites is 1. The summed E-state index contributed by atoms with van der Waals surface area (Å²) >= 11 is 7.65. The van der Waals surface area contributed by atoms with Crippen molar-refractivity contribution in [3.63, 3.8) is 0 Å². The van der Waals surface area contributed by atoms with Gasteiger partial charge in [0.1, 0.15) is 4.83 Å². The Bertz CT molecular complexity index is 1420. The van der Waals surface area contributed by atoms with Crippen LogP contribution in [0.4, 0.5) is 0 Å². The molecule has 4 aromatic rings. The summed E-state index contributed by atoms with van der Waals surface area (Å²) in [5.41, 5.74) is 2.05. The fourth-order valence-corrected chi connectivity index (χ4v) is 5.73. The summed E-state index contributed by atoms with van der Waals surface area (Å²) in [6, 6.07) is 15.8. The molecule has 0 aliphatic heterocycles. The Labute approximate surface area is 195 Å². The molecule has 0 saturated heterocycles. The molecule has 2 aromatic heterocycles. The van der Waals surface area contributed by atoms with E-state index < -0.39 is 10.0 Å². The highest BCUT2D eigenvalue weighted by molar-refractivity contribution is 7.89. The van der Waals surface area contributed by atoms with Gasteiger partial charge in [0, 0.05) is 26.0 Å². The van der Waals surface area contributed by atoms with Crippen LogP contribution in [0.3, 0.4) is 0 Å². The highest BCUT2D eigenvalue weighted by atomic mass is 35.5. The normalized spacial score (nSPS) is 11.9. The molecule has 0 spiro atoms. The van der Waals surface area contributed by atoms with E-state index in [1.54, 1.807) is 35.0 Å². The zero-order chi connectivity index (χ0) is 23.0. The van der Waals surface area contributed by atoms with Crippen LogP contribution >= 0.6 is 22.9 Å². The van der Waals surface area contributed by atoms with Gasteiger partial charge in [-0.05, 0) is 36.8 Å². The van der Waals surface area contributed by atoms with Gasteiger partial charge in [-0.3, -0.25) is 4.79 Å². The third-order valence-corrected chi connectivity index (χ3v) is 8.36. The van der Waals surface area contributed by atoms with Crippen molar-refractivity contribution in [1.82, 2.24) is 19.4 Å². The van der Waals surface area contributed by atoms with E-state index in [0.717, 1.165) is 25.9 Å². The van der Waals surface area contributed by atoms with E-state index in [2.05, 4.69) is 10.4 Å². The molecular weight excluding hydrogens is 468 g/mol. The van der Waals surface area contributed by atoms with Gasteiger partial charge in [-0.1, -0.05) is 41.9 Å². The number of thiophene rings is 1. The van der Waals surface area contributed by atoms with E-state index in [-0.39, 0.29) is 17.3 Å². The molecule has 0 saturated carbocycles. The quantitative estimate of drug-likeness (QED) is 0.440. The number of sulfonamides is 1. The maximum atomic E-state index is 12.9. The lowest BCUT2D eigenvalue weighted by molar-refractivity contribution is 0.0954. The minimum absolute atomic E-state index is 0.0892. The van der Waals surface area contributed by atoms with Crippen molar-refractivity contribution in [3.05, 3.63) is 75.8 Å². The minimum Gasteiger partial charge on any atom is -0.347 e. The van der Waals surface area contributed by atoms with Gasteiger partial charge in [-0.15, -0.1) is 11.3 Å². The molecule has 0 radical (unpaired) electrons. The van der Waals surface area contributed by atoms with E-state index in [1.807, 2.05) is 25.1 Å². The van der Waals surface area contributed by atoms with Gasteiger partial charge in [-0.2, -0.15) is 5.10 Å². The van der Waals surface area contributed by atoms with Gasteiger partial charge >= 0.3 is 0 Å². The van der Waals surface area contributed by atoms with Crippen LogP contribution in [0.15, 0.2) is 59.5 Å². The monoisotopic (exact) mass is 488 g/mol. The minimum atomic E-state index is -3.62. The lowest BCUT2D eigenvalue weighted by Gasteiger charge is -2.15. The second kappa shape index (κ2) is 8.67. The van der Waals surface area contributed by atoms with Crippen LogP contribution in [0.25, 0.3) is 15.9 Å². The van der Waals surface area contributed by atoms with Crippen LogP contribution in [-0.4, -0.2) is 42.5 Å². The molecule has 4 rings (SSSR count). The predicted molar refractivity (Wildman–Crippen MR) is 127 cm³/mol. The third-order valence-electron chi connectivity index (χ3n) is 5.02. The van der Waals surface area contributed by atoms with Crippen molar-refractivity contribution in [2.24, 2.45) is 0 Å². The van der Waals surface area contributed by atoms with Crippen LogP contribution in [0, 0.1) is 6.92 Å². The first kappa shape index (κ1) is 22.5. The standard InChI is InChI=1S/C22H21ClN4O3S2/c1-14-16-12-19(31-22(16)27(25-14)18-10-6-5-9-17(18)23)21(28)24-13-15-8-4-7-11-20(15)32(29,30)26(2)3/h4-12H,13H2,1-3H3,(H,24,28). The van der Waals surface area contributed by atoms with E-state index in [1.165, 1.54) is 31.5 Å². The predicted octanol–water partition coefficient (Wildman–Crippen LogP) is 4.23. The lowest BCUT2D eigenvalue weighted by Crippen LogP contribution is -2.26. The molecule has 1 N–H and O–H groups in total. The molecule has 0 bridgehead atoms. The van der Waals surface area contributed by atoms with E-state index in [4.69, 9.17) is 11.6 Å². The van der Waals surface area contributed by atoms with Crippen molar-refractivity contribution >= 4 is 49.1 Å². The highest BCUT2D eigenvalue weighted by Gasteiger charge is 2.22. The van der Waals surface area contributed by atoms with Gasteiger partial charge in [0.2, 0.25) is 10.0 Å². The number of hydrogen-bond donors (Lipinski definition) is 1. The Morgan fingerprint density at radius 1 is 1.16 bits per heavy atom. The summed E-state index contributed by atoms with van der Waals surface area (Å²) < 4.78 is 28.1. The van der Waals surface area contributed by atoms with Crippen LogP contribution in [-0.2, 0) is 16.6 Å². The molecule has 32 heavy (non-hydrogen) atoms. The number of nitrogens with one attached hydrogen (secondary N) is 1. The molecule has 0 unspecified atom stereocenters. The maximum Gasteiger partial charge on any atom is 0.261 e. The molecular formula is C22H21ClN4O3S2. The van der Waals surface area contributed by atoms with E-state index in [9.17, 15) is 13.2 Å². The number of nitrogens with zero attached hydrogens (tertiary/aromatic N) is 3. The van der Waals surface area contributed by atoms with Crippen molar-refractivity contribution in [2.75, 3.05) is 14.1 Å². The van der Waals surface area contributed by atoms with Crippen molar-refractivity contribution in [2.45, 2.75) is 18.4 Å². The first-order valence-corrected chi connectivity index (χ1v) is 12.4. The van der Waals surface area contributed by atoms with Crippen LogP contribution in [0.1, 0.15) is 20.9 Å². The number of amides is 1. The van der Waals surface area contributed by atoms with E-state index in [0.29, 0.717) is 15.5 Å². The average molecular weight is 489 g/mol. The number of halogens is 1. The second-order valence-corrected chi connectivity index (χ2v) is 10.9. The van der Waals surface area contributed by atoms with Gasteiger partial charge in [0.25, 0.3) is 5.91 Å². The van der Waals surface area contributed by atoms with E-state index >= 15 is 0 Å². The van der Waals surface area contributed by atoms with Gasteiger partial charge < -0.3 is 5.32 Å². The average Bonchev–Trinajstić information content (AvgIpc) is 3.33.